The standard InChI is InChI=1S/C17H34N4O/c18-16-17-12-8-6-4-2-1-3-5-7-11-15-22-21-20-19-14-10-9-13-17/h17,19-21H,1-15H2. The molecule has 0 saturated carbocycles. The summed E-state index contributed by atoms with van der Waals surface area (Å²) in [5, 5.41) is 9.20. The second-order valence-electron chi connectivity index (χ2n) is 6.29. The molecule has 1 rings (SSSR count). The van der Waals surface area contributed by atoms with Gasteiger partial charge in [-0.1, -0.05) is 57.8 Å². The highest BCUT2D eigenvalue weighted by Crippen LogP contribution is 2.17. The van der Waals surface area contributed by atoms with Crippen molar-refractivity contribution in [3.63, 3.8) is 0 Å². The Morgan fingerprint density at radius 3 is 2.05 bits per heavy atom. The van der Waals surface area contributed by atoms with Crippen LogP contribution in [-0.4, -0.2) is 13.2 Å². The average Bonchev–Trinajstić information content (AvgIpc) is 2.54. The summed E-state index contributed by atoms with van der Waals surface area (Å²) < 4.78 is 0. The van der Waals surface area contributed by atoms with Crippen molar-refractivity contribution in [2.24, 2.45) is 5.92 Å². The maximum atomic E-state index is 9.20. The molecule has 1 heterocycles. The lowest BCUT2D eigenvalue weighted by atomic mass is 9.96. The van der Waals surface area contributed by atoms with Crippen molar-refractivity contribution in [2.45, 2.75) is 83.5 Å². The lowest BCUT2D eigenvalue weighted by molar-refractivity contribution is -0.00217. The van der Waals surface area contributed by atoms with E-state index in [0.29, 0.717) is 0 Å². The Kier molecular flexibility index (Phi) is 13.4. The third-order valence-corrected chi connectivity index (χ3v) is 4.30. The molecule has 1 unspecified atom stereocenters. The van der Waals surface area contributed by atoms with Crippen molar-refractivity contribution in [1.29, 1.82) is 5.26 Å². The van der Waals surface area contributed by atoms with Crippen LogP contribution in [0.15, 0.2) is 0 Å². The van der Waals surface area contributed by atoms with Gasteiger partial charge in [-0.2, -0.15) is 10.8 Å². The molecule has 5 heteroatoms. The van der Waals surface area contributed by atoms with Gasteiger partial charge in [0.1, 0.15) is 0 Å². The fraction of sp³-hybridized carbons (Fsp3) is 0.941. The van der Waals surface area contributed by atoms with Crippen molar-refractivity contribution < 1.29 is 4.84 Å². The summed E-state index contributed by atoms with van der Waals surface area (Å²) >= 11 is 0. The van der Waals surface area contributed by atoms with Gasteiger partial charge >= 0.3 is 0 Å². The van der Waals surface area contributed by atoms with Crippen LogP contribution in [0.4, 0.5) is 0 Å². The van der Waals surface area contributed by atoms with E-state index < -0.39 is 0 Å². The first-order chi connectivity index (χ1) is 10.9. The van der Waals surface area contributed by atoms with Gasteiger partial charge in [-0.3, -0.25) is 4.84 Å². The van der Waals surface area contributed by atoms with E-state index in [4.69, 9.17) is 4.84 Å². The third-order valence-electron chi connectivity index (χ3n) is 4.30. The van der Waals surface area contributed by atoms with Crippen LogP contribution in [0, 0.1) is 17.2 Å². The van der Waals surface area contributed by atoms with Crippen LogP contribution in [0.5, 0.6) is 0 Å². The van der Waals surface area contributed by atoms with E-state index in [2.05, 4.69) is 22.6 Å². The molecule has 0 aliphatic carbocycles. The predicted molar refractivity (Wildman–Crippen MR) is 89.4 cm³/mol. The van der Waals surface area contributed by atoms with Crippen molar-refractivity contribution in [2.75, 3.05) is 13.2 Å². The highest BCUT2D eigenvalue weighted by Gasteiger charge is 2.06. The fourth-order valence-corrected chi connectivity index (χ4v) is 2.87. The second kappa shape index (κ2) is 15.2. The summed E-state index contributed by atoms with van der Waals surface area (Å²) in [7, 11) is 0. The first-order valence-corrected chi connectivity index (χ1v) is 9.18. The number of nitrogens with one attached hydrogen (secondary N) is 3. The summed E-state index contributed by atoms with van der Waals surface area (Å²) in [6.45, 7) is 1.63. The summed E-state index contributed by atoms with van der Waals surface area (Å²) in [6.07, 6.45) is 15.9. The zero-order valence-electron chi connectivity index (χ0n) is 14.0. The molecule has 1 aliphatic heterocycles. The zero-order valence-corrected chi connectivity index (χ0v) is 14.0. The fourth-order valence-electron chi connectivity index (χ4n) is 2.87. The molecule has 3 N–H and O–H groups in total. The molecule has 1 atom stereocenters. The van der Waals surface area contributed by atoms with Gasteiger partial charge in [-0.25, -0.2) is 5.43 Å². The van der Waals surface area contributed by atoms with E-state index >= 15 is 0 Å². The van der Waals surface area contributed by atoms with Gasteiger partial charge in [-0.05, 0) is 25.7 Å². The highest BCUT2D eigenvalue weighted by atomic mass is 16.7. The maximum Gasteiger partial charge on any atom is 0.0699 e. The van der Waals surface area contributed by atoms with Gasteiger partial charge in [0, 0.05) is 12.5 Å². The molecule has 0 aromatic rings. The van der Waals surface area contributed by atoms with Crippen LogP contribution in [0.3, 0.4) is 0 Å². The largest absolute Gasteiger partial charge is 0.286 e. The molecular formula is C17H34N4O. The van der Waals surface area contributed by atoms with Gasteiger partial charge in [0.05, 0.1) is 12.7 Å². The predicted octanol–water partition coefficient (Wildman–Crippen LogP) is 3.74. The van der Waals surface area contributed by atoms with E-state index in [1.165, 1.54) is 51.4 Å². The van der Waals surface area contributed by atoms with E-state index in [1.54, 1.807) is 0 Å². The Bertz CT molecular complexity index is 260. The van der Waals surface area contributed by atoms with Crippen LogP contribution < -0.4 is 16.5 Å². The van der Waals surface area contributed by atoms with Crippen molar-refractivity contribution >= 4 is 0 Å². The molecule has 0 aromatic carbocycles. The molecule has 0 amide bonds. The van der Waals surface area contributed by atoms with E-state index in [-0.39, 0.29) is 5.92 Å². The smallest absolute Gasteiger partial charge is 0.0699 e. The minimum absolute atomic E-state index is 0.250. The van der Waals surface area contributed by atoms with E-state index in [1.807, 2.05) is 0 Å². The molecule has 1 fully saturated rings. The Morgan fingerprint density at radius 1 is 0.773 bits per heavy atom. The molecule has 0 radical (unpaired) electrons. The Labute approximate surface area is 136 Å². The lowest BCUT2D eigenvalue weighted by Crippen LogP contribution is -2.43. The number of hydrogen-bond donors (Lipinski definition) is 3. The highest BCUT2D eigenvalue weighted by molar-refractivity contribution is 4.82. The minimum Gasteiger partial charge on any atom is -0.286 e. The Morgan fingerprint density at radius 2 is 1.36 bits per heavy atom. The van der Waals surface area contributed by atoms with Crippen LogP contribution in [0.25, 0.3) is 0 Å². The van der Waals surface area contributed by atoms with Gasteiger partial charge in [0.2, 0.25) is 0 Å². The molecule has 0 bridgehead atoms. The lowest BCUT2D eigenvalue weighted by Gasteiger charge is -2.11. The molecule has 1 saturated heterocycles. The molecule has 1 aliphatic rings. The minimum atomic E-state index is 0.250. The van der Waals surface area contributed by atoms with Gasteiger partial charge in [0.25, 0.3) is 0 Å². The van der Waals surface area contributed by atoms with E-state index in [9.17, 15) is 5.26 Å². The topological polar surface area (TPSA) is 69.1 Å². The molecule has 128 valence electrons. The number of nitrogens with zero attached hydrogens (tertiary/aromatic N) is 1. The van der Waals surface area contributed by atoms with E-state index in [0.717, 1.165) is 45.3 Å². The van der Waals surface area contributed by atoms with Gasteiger partial charge in [0.15, 0.2) is 0 Å². The SMILES string of the molecule is N#CC1CCCCCCCCCCCONNNCCCC1. The maximum absolute atomic E-state index is 9.20. The number of hydrazine groups is 2. The van der Waals surface area contributed by atoms with Gasteiger partial charge < -0.3 is 0 Å². The summed E-state index contributed by atoms with van der Waals surface area (Å²) in [5.41, 5.74) is 8.63. The summed E-state index contributed by atoms with van der Waals surface area (Å²) in [4.78, 5) is 5.28. The van der Waals surface area contributed by atoms with Gasteiger partial charge in [-0.15, -0.1) is 5.59 Å². The number of nitriles is 1. The number of rotatable bonds is 0. The van der Waals surface area contributed by atoms with Crippen LogP contribution >= 0.6 is 0 Å². The third kappa shape index (κ3) is 11.9. The molecule has 0 aromatic heterocycles. The first-order valence-electron chi connectivity index (χ1n) is 9.18. The van der Waals surface area contributed by atoms with Crippen LogP contribution in [-0.2, 0) is 4.84 Å². The molecule has 0 spiro atoms. The quantitative estimate of drug-likeness (QED) is 0.636. The molecule has 5 nitrogen and oxygen atoms in total. The Balaban J connectivity index is 2.15. The van der Waals surface area contributed by atoms with Crippen LogP contribution in [0.2, 0.25) is 0 Å². The Hall–Kier alpha value is -0.670. The monoisotopic (exact) mass is 310 g/mol. The van der Waals surface area contributed by atoms with Crippen molar-refractivity contribution in [3.8, 4) is 6.07 Å². The summed E-state index contributed by atoms with van der Waals surface area (Å²) in [6, 6.07) is 2.47. The van der Waals surface area contributed by atoms with Crippen molar-refractivity contribution in [3.05, 3.63) is 0 Å². The van der Waals surface area contributed by atoms with Crippen LogP contribution in [0.1, 0.15) is 83.5 Å². The normalized spacial score (nSPS) is 25.9. The zero-order chi connectivity index (χ0) is 15.7. The first kappa shape index (κ1) is 19.4. The average molecular weight is 310 g/mol. The molecule has 22 heavy (non-hydrogen) atoms. The number of hydrogen-bond acceptors (Lipinski definition) is 5. The van der Waals surface area contributed by atoms with Crippen molar-refractivity contribution in [1.82, 2.24) is 16.5 Å². The molecular weight excluding hydrogens is 276 g/mol. The second-order valence-corrected chi connectivity index (χ2v) is 6.29. The summed E-state index contributed by atoms with van der Waals surface area (Å²) in [5.74, 6) is 0.250.